The first-order valence-electron chi connectivity index (χ1n) is 10.5. The van der Waals surface area contributed by atoms with E-state index in [0.29, 0.717) is 28.8 Å². The van der Waals surface area contributed by atoms with Crippen LogP contribution >= 0.6 is 0 Å². The van der Waals surface area contributed by atoms with Gasteiger partial charge >= 0.3 is 0 Å². The Hall–Kier alpha value is -4.00. The second-order valence-electron chi connectivity index (χ2n) is 7.75. The molecule has 33 heavy (non-hydrogen) atoms. The zero-order chi connectivity index (χ0) is 23.5. The molecule has 0 spiro atoms. The van der Waals surface area contributed by atoms with Gasteiger partial charge in [0.2, 0.25) is 0 Å². The minimum atomic E-state index is -0.509. The van der Waals surface area contributed by atoms with Crippen LogP contribution < -0.4 is 10.6 Å². The standard InChI is InChI=1S/C26H23F2N3O2/c1-15-20(23-21(27)10-11-22(28)24(23)31-15)12-13-30-26(33)17-8-6-16(7-9-17)18-4-3-5-19(14-18)25(32)29-2/h3-11,14,31H,12-13H2,1-2H3,(H,29,32)(H,30,33). The van der Waals surface area contributed by atoms with Crippen molar-refractivity contribution in [3.05, 3.63) is 94.7 Å². The highest BCUT2D eigenvalue weighted by Crippen LogP contribution is 2.27. The SMILES string of the molecule is CNC(=O)c1cccc(-c2ccc(C(=O)NCCc3c(C)[nH]c4c(F)ccc(F)c34)cc2)c1. The van der Waals surface area contributed by atoms with Gasteiger partial charge in [-0.2, -0.15) is 0 Å². The second kappa shape index (κ2) is 9.24. The maximum atomic E-state index is 14.3. The number of hydrogen-bond donors (Lipinski definition) is 3. The van der Waals surface area contributed by atoms with Crippen LogP contribution in [0.5, 0.6) is 0 Å². The molecule has 0 fully saturated rings. The summed E-state index contributed by atoms with van der Waals surface area (Å²) in [7, 11) is 1.58. The second-order valence-corrected chi connectivity index (χ2v) is 7.75. The Morgan fingerprint density at radius 2 is 1.61 bits per heavy atom. The average Bonchev–Trinajstić information content (AvgIpc) is 3.18. The van der Waals surface area contributed by atoms with Crippen molar-refractivity contribution in [3.63, 3.8) is 0 Å². The number of rotatable bonds is 6. The Balaban J connectivity index is 1.43. The van der Waals surface area contributed by atoms with Crippen LogP contribution in [0.4, 0.5) is 8.78 Å². The maximum Gasteiger partial charge on any atom is 0.251 e. The number of halogens is 2. The van der Waals surface area contributed by atoms with E-state index in [2.05, 4.69) is 15.6 Å². The highest BCUT2D eigenvalue weighted by molar-refractivity contribution is 5.96. The lowest BCUT2D eigenvalue weighted by molar-refractivity contribution is 0.0949. The number of aryl methyl sites for hydroxylation is 1. The summed E-state index contributed by atoms with van der Waals surface area (Å²) in [6.45, 7) is 2.03. The predicted octanol–water partition coefficient (Wildman–Crippen LogP) is 4.75. The van der Waals surface area contributed by atoms with Gasteiger partial charge < -0.3 is 15.6 Å². The molecule has 1 aromatic heterocycles. The summed E-state index contributed by atoms with van der Waals surface area (Å²) in [6, 6.07) is 16.5. The Labute approximate surface area is 189 Å². The van der Waals surface area contributed by atoms with Gasteiger partial charge in [0, 0.05) is 35.8 Å². The van der Waals surface area contributed by atoms with Gasteiger partial charge in [0.15, 0.2) is 0 Å². The fourth-order valence-electron chi connectivity index (χ4n) is 3.93. The van der Waals surface area contributed by atoms with Crippen molar-refractivity contribution < 1.29 is 18.4 Å². The zero-order valence-corrected chi connectivity index (χ0v) is 18.3. The van der Waals surface area contributed by atoms with E-state index in [1.54, 1.807) is 38.2 Å². The van der Waals surface area contributed by atoms with Crippen LogP contribution in [0.1, 0.15) is 32.0 Å². The predicted molar refractivity (Wildman–Crippen MR) is 124 cm³/mol. The van der Waals surface area contributed by atoms with Crippen molar-refractivity contribution in [1.82, 2.24) is 15.6 Å². The minimum Gasteiger partial charge on any atom is -0.356 e. The molecule has 0 radical (unpaired) electrons. The number of hydrogen-bond acceptors (Lipinski definition) is 2. The molecule has 168 valence electrons. The first kappa shape index (κ1) is 22.2. The molecule has 3 N–H and O–H groups in total. The molecule has 3 aromatic carbocycles. The summed E-state index contributed by atoms with van der Waals surface area (Å²) in [4.78, 5) is 27.3. The summed E-state index contributed by atoms with van der Waals surface area (Å²) in [6.07, 6.45) is 0.363. The largest absolute Gasteiger partial charge is 0.356 e. The normalized spacial score (nSPS) is 10.9. The van der Waals surface area contributed by atoms with Gasteiger partial charge in [0.25, 0.3) is 11.8 Å². The summed E-state index contributed by atoms with van der Waals surface area (Å²) in [5, 5.41) is 5.66. The summed E-state index contributed by atoms with van der Waals surface area (Å²) >= 11 is 0. The van der Waals surface area contributed by atoms with E-state index in [1.165, 1.54) is 0 Å². The topological polar surface area (TPSA) is 74.0 Å². The van der Waals surface area contributed by atoms with Crippen molar-refractivity contribution in [2.24, 2.45) is 0 Å². The lowest BCUT2D eigenvalue weighted by Gasteiger charge is -2.08. The van der Waals surface area contributed by atoms with Crippen molar-refractivity contribution in [1.29, 1.82) is 0 Å². The van der Waals surface area contributed by atoms with Gasteiger partial charge in [-0.05, 0) is 66.4 Å². The zero-order valence-electron chi connectivity index (χ0n) is 18.3. The monoisotopic (exact) mass is 447 g/mol. The quantitative estimate of drug-likeness (QED) is 0.399. The molecule has 0 saturated carbocycles. The van der Waals surface area contributed by atoms with Crippen LogP contribution in [0, 0.1) is 18.6 Å². The molecular weight excluding hydrogens is 424 g/mol. The third-order valence-corrected chi connectivity index (χ3v) is 5.66. The number of H-pyrrole nitrogens is 1. The first-order chi connectivity index (χ1) is 15.9. The number of aromatic amines is 1. The fourth-order valence-corrected chi connectivity index (χ4v) is 3.93. The van der Waals surface area contributed by atoms with Crippen LogP contribution in [0.15, 0.2) is 60.7 Å². The number of aromatic nitrogens is 1. The summed E-state index contributed by atoms with van der Waals surface area (Å²) in [5.74, 6) is -1.43. The first-order valence-corrected chi connectivity index (χ1v) is 10.5. The van der Waals surface area contributed by atoms with Crippen molar-refractivity contribution >= 4 is 22.7 Å². The van der Waals surface area contributed by atoms with Crippen LogP contribution in [0.25, 0.3) is 22.0 Å². The van der Waals surface area contributed by atoms with Gasteiger partial charge in [-0.3, -0.25) is 9.59 Å². The fraction of sp³-hybridized carbons (Fsp3) is 0.154. The van der Waals surface area contributed by atoms with E-state index in [4.69, 9.17) is 0 Å². The van der Waals surface area contributed by atoms with Gasteiger partial charge in [-0.15, -0.1) is 0 Å². The van der Waals surface area contributed by atoms with E-state index in [0.717, 1.165) is 23.3 Å². The Morgan fingerprint density at radius 1 is 0.879 bits per heavy atom. The molecular formula is C26H23F2N3O2. The molecule has 0 unspecified atom stereocenters. The van der Waals surface area contributed by atoms with E-state index in [-0.39, 0.29) is 29.3 Å². The molecule has 1 heterocycles. The van der Waals surface area contributed by atoms with Crippen LogP contribution in [-0.2, 0) is 6.42 Å². The third kappa shape index (κ3) is 4.48. The van der Waals surface area contributed by atoms with Crippen molar-refractivity contribution in [3.8, 4) is 11.1 Å². The number of carbonyl (C=O) groups is 2. The molecule has 0 aliphatic rings. The molecule has 7 heteroatoms. The van der Waals surface area contributed by atoms with Crippen molar-refractivity contribution in [2.45, 2.75) is 13.3 Å². The molecule has 0 atom stereocenters. The molecule has 0 aliphatic heterocycles. The molecule has 0 aliphatic carbocycles. The lowest BCUT2D eigenvalue weighted by atomic mass is 10.0. The van der Waals surface area contributed by atoms with E-state index >= 15 is 0 Å². The van der Waals surface area contributed by atoms with E-state index in [9.17, 15) is 18.4 Å². The summed E-state index contributed by atoms with van der Waals surface area (Å²) in [5.41, 5.74) is 4.25. The van der Waals surface area contributed by atoms with Crippen LogP contribution in [0.3, 0.4) is 0 Å². The highest BCUT2D eigenvalue weighted by atomic mass is 19.1. The molecule has 4 rings (SSSR count). The molecule has 5 nitrogen and oxygen atoms in total. The lowest BCUT2D eigenvalue weighted by Crippen LogP contribution is -2.25. The van der Waals surface area contributed by atoms with Crippen LogP contribution in [-0.4, -0.2) is 30.4 Å². The van der Waals surface area contributed by atoms with Gasteiger partial charge in [-0.25, -0.2) is 8.78 Å². The number of fused-ring (bicyclic) bond motifs is 1. The van der Waals surface area contributed by atoms with Gasteiger partial charge in [-0.1, -0.05) is 24.3 Å². The Bertz CT molecular complexity index is 1340. The highest BCUT2D eigenvalue weighted by Gasteiger charge is 2.16. The smallest absolute Gasteiger partial charge is 0.251 e. The molecule has 4 aromatic rings. The maximum absolute atomic E-state index is 14.3. The molecule has 0 saturated heterocycles. The number of amides is 2. The number of nitrogens with one attached hydrogen (secondary N) is 3. The number of carbonyl (C=O) groups excluding carboxylic acids is 2. The molecule has 0 bridgehead atoms. The number of benzene rings is 3. The van der Waals surface area contributed by atoms with Gasteiger partial charge in [0.05, 0.1) is 5.52 Å². The van der Waals surface area contributed by atoms with Gasteiger partial charge in [0.1, 0.15) is 11.6 Å². The minimum absolute atomic E-state index is 0.143. The third-order valence-electron chi connectivity index (χ3n) is 5.66. The van der Waals surface area contributed by atoms with E-state index < -0.39 is 11.6 Å². The molecule has 2 amide bonds. The average molecular weight is 447 g/mol. The summed E-state index contributed by atoms with van der Waals surface area (Å²) < 4.78 is 28.2. The van der Waals surface area contributed by atoms with Crippen LogP contribution in [0.2, 0.25) is 0 Å². The van der Waals surface area contributed by atoms with Crippen molar-refractivity contribution in [2.75, 3.05) is 13.6 Å². The Kier molecular flexibility index (Phi) is 6.22. The Morgan fingerprint density at radius 3 is 2.33 bits per heavy atom. The van der Waals surface area contributed by atoms with E-state index in [1.807, 2.05) is 24.3 Å².